The van der Waals surface area contributed by atoms with Crippen molar-refractivity contribution in [3.05, 3.63) is 89.3 Å². The van der Waals surface area contributed by atoms with Crippen LogP contribution in [0.25, 0.3) is 21.6 Å². The second-order valence-corrected chi connectivity index (χ2v) is 9.03. The molecular weight excluding hydrogens is 427 g/mol. The van der Waals surface area contributed by atoms with Crippen LogP contribution in [-0.2, 0) is 4.57 Å². The summed E-state index contributed by atoms with van der Waals surface area (Å²) in [5.74, 6) is -0.278. The first-order valence-corrected chi connectivity index (χ1v) is 11.6. The molecule has 1 unspecified atom stereocenters. The lowest BCUT2D eigenvalue weighted by Gasteiger charge is -2.11. The normalized spacial score (nSPS) is 11.2. The summed E-state index contributed by atoms with van der Waals surface area (Å²) in [5.41, 5.74) is 10.9. The van der Waals surface area contributed by atoms with Crippen LogP contribution in [0.15, 0.2) is 78.2 Å². The van der Waals surface area contributed by atoms with Crippen LogP contribution in [0.1, 0.15) is 15.9 Å². The fourth-order valence-corrected chi connectivity index (χ4v) is 4.86. The Balaban J connectivity index is 1.59. The van der Waals surface area contributed by atoms with E-state index in [1.807, 2.05) is 42.6 Å². The molecule has 4 aromatic rings. The van der Waals surface area contributed by atoms with Crippen LogP contribution in [0, 0.1) is 6.92 Å². The molecule has 4 rings (SSSR count). The lowest BCUT2D eigenvalue weighted by Crippen LogP contribution is -2.13. The average molecular weight is 447 g/mol. The SMILES string of the molecule is Cc1cccc([P+](=O)O)c1-c1ccc(C(=O)Nc2cc(-c3cccs3)ccc2N)cc1. The monoisotopic (exact) mass is 447 g/mol. The minimum Gasteiger partial charge on any atom is -0.397 e. The zero-order chi connectivity index (χ0) is 22.0. The molecule has 5 nitrogen and oxygen atoms in total. The highest BCUT2D eigenvalue weighted by molar-refractivity contribution is 7.47. The first-order chi connectivity index (χ1) is 14.9. The van der Waals surface area contributed by atoms with Gasteiger partial charge < -0.3 is 11.1 Å². The van der Waals surface area contributed by atoms with E-state index in [4.69, 9.17) is 5.73 Å². The Bertz CT molecular complexity index is 1270. The van der Waals surface area contributed by atoms with E-state index in [1.54, 1.807) is 53.8 Å². The molecule has 0 aliphatic carbocycles. The number of hydrogen-bond donors (Lipinski definition) is 3. The van der Waals surface area contributed by atoms with Crippen LogP contribution >= 0.6 is 19.4 Å². The van der Waals surface area contributed by atoms with Crippen LogP contribution in [-0.4, -0.2) is 10.8 Å². The number of anilines is 2. The van der Waals surface area contributed by atoms with Gasteiger partial charge in [0, 0.05) is 16.0 Å². The smallest absolute Gasteiger partial charge is 0.397 e. The summed E-state index contributed by atoms with van der Waals surface area (Å²) in [5, 5.41) is 5.26. The molecule has 0 aliphatic rings. The topological polar surface area (TPSA) is 92.4 Å². The zero-order valence-electron chi connectivity index (χ0n) is 16.7. The molecule has 7 heteroatoms. The number of benzene rings is 3. The number of rotatable bonds is 5. The zero-order valence-corrected chi connectivity index (χ0v) is 18.4. The van der Waals surface area contributed by atoms with Gasteiger partial charge in [-0.05, 0) is 70.0 Å². The van der Waals surface area contributed by atoms with Crippen LogP contribution in [0.5, 0.6) is 0 Å². The van der Waals surface area contributed by atoms with E-state index in [2.05, 4.69) is 5.32 Å². The lowest BCUT2D eigenvalue weighted by atomic mass is 9.99. The minimum atomic E-state index is -2.47. The van der Waals surface area contributed by atoms with Crippen molar-refractivity contribution in [3.63, 3.8) is 0 Å². The van der Waals surface area contributed by atoms with Crippen molar-refractivity contribution in [1.82, 2.24) is 0 Å². The Kier molecular flexibility index (Phi) is 5.96. The lowest BCUT2D eigenvalue weighted by molar-refractivity contribution is 0.102. The Morgan fingerprint density at radius 2 is 1.74 bits per heavy atom. The molecule has 0 saturated heterocycles. The Morgan fingerprint density at radius 3 is 2.42 bits per heavy atom. The third-order valence-electron chi connectivity index (χ3n) is 5.00. The van der Waals surface area contributed by atoms with Crippen molar-refractivity contribution < 1.29 is 14.3 Å². The molecule has 31 heavy (non-hydrogen) atoms. The number of amides is 1. The molecule has 3 aromatic carbocycles. The number of nitrogens with one attached hydrogen (secondary N) is 1. The van der Waals surface area contributed by atoms with Gasteiger partial charge in [-0.2, -0.15) is 4.89 Å². The van der Waals surface area contributed by atoms with E-state index in [-0.39, 0.29) is 5.91 Å². The van der Waals surface area contributed by atoms with E-state index in [0.717, 1.165) is 21.6 Å². The van der Waals surface area contributed by atoms with Gasteiger partial charge in [0.05, 0.1) is 11.4 Å². The quantitative estimate of drug-likeness (QED) is 0.275. The van der Waals surface area contributed by atoms with Gasteiger partial charge in [-0.3, -0.25) is 4.79 Å². The van der Waals surface area contributed by atoms with Gasteiger partial charge in [0.15, 0.2) is 0 Å². The number of hydrogen-bond acceptors (Lipinski definition) is 4. The molecule has 0 aliphatic heterocycles. The van der Waals surface area contributed by atoms with E-state index in [9.17, 15) is 14.3 Å². The van der Waals surface area contributed by atoms with Crippen LogP contribution < -0.4 is 16.4 Å². The highest BCUT2D eigenvalue weighted by Gasteiger charge is 2.24. The predicted molar refractivity (Wildman–Crippen MR) is 128 cm³/mol. The fourth-order valence-electron chi connectivity index (χ4n) is 3.43. The van der Waals surface area contributed by atoms with Crippen molar-refractivity contribution in [2.75, 3.05) is 11.1 Å². The van der Waals surface area contributed by atoms with Gasteiger partial charge in [0.1, 0.15) is 0 Å². The summed E-state index contributed by atoms with van der Waals surface area (Å²) >= 11 is 1.62. The second kappa shape index (κ2) is 8.82. The molecule has 154 valence electrons. The largest absolute Gasteiger partial charge is 0.546 e. The summed E-state index contributed by atoms with van der Waals surface area (Å²) in [6, 6.07) is 21.8. The van der Waals surface area contributed by atoms with Gasteiger partial charge >= 0.3 is 8.03 Å². The Morgan fingerprint density at radius 1 is 1.00 bits per heavy atom. The van der Waals surface area contributed by atoms with Gasteiger partial charge in [-0.1, -0.05) is 36.4 Å². The molecule has 0 saturated carbocycles. The maximum absolute atomic E-state index is 12.8. The van der Waals surface area contributed by atoms with Gasteiger partial charge in [-0.25, -0.2) is 0 Å². The van der Waals surface area contributed by atoms with Crippen molar-refractivity contribution in [3.8, 4) is 21.6 Å². The van der Waals surface area contributed by atoms with Crippen molar-refractivity contribution >= 4 is 42.0 Å². The highest BCUT2D eigenvalue weighted by Crippen LogP contribution is 2.31. The van der Waals surface area contributed by atoms with E-state index in [0.29, 0.717) is 27.8 Å². The number of nitrogen functional groups attached to an aromatic ring is 1. The minimum absolute atomic E-state index is 0.278. The van der Waals surface area contributed by atoms with Crippen LogP contribution in [0.2, 0.25) is 0 Å². The summed E-state index contributed by atoms with van der Waals surface area (Å²) < 4.78 is 11.7. The average Bonchev–Trinajstić information content (AvgIpc) is 3.30. The highest BCUT2D eigenvalue weighted by atomic mass is 32.1. The van der Waals surface area contributed by atoms with Crippen LogP contribution in [0.3, 0.4) is 0 Å². The predicted octanol–water partition coefficient (Wildman–Crippen LogP) is 5.59. The molecule has 0 bridgehead atoms. The van der Waals surface area contributed by atoms with Gasteiger partial charge in [0.2, 0.25) is 5.30 Å². The van der Waals surface area contributed by atoms with Gasteiger partial charge in [-0.15, -0.1) is 11.3 Å². The van der Waals surface area contributed by atoms with Crippen molar-refractivity contribution in [1.29, 1.82) is 0 Å². The van der Waals surface area contributed by atoms with Crippen molar-refractivity contribution in [2.24, 2.45) is 0 Å². The number of nitrogens with two attached hydrogens (primary N) is 1. The molecule has 1 atom stereocenters. The first-order valence-electron chi connectivity index (χ1n) is 9.55. The summed E-state index contributed by atoms with van der Waals surface area (Å²) in [6.45, 7) is 1.89. The third kappa shape index (κ3) is 4.42. The molecule has 0 radical (unpaired) electrons. The molecule has 1 heterocycles. The molecule has 1 amide bonds. The summed E-state index contributed by atoms with van der Waals surface area (Å²) in [4.78, 5) is 23.5. The maximum atomic E-state index is 12.8. The first kappa shape index (κ1) is 20.9. The third-order valence-corrected chi connectivity index (χ3v) is 6.70. The fraction of sp³-hybridized carbons (Fsp3) is 0.0417. The number of aryl methyl sites for hydroxylation is 1. The number of carbonyl (C=O) groups excluding carboxylic acids is 1. The Hall–Kier alpha value is -3.31. The summed E-state index contributed by atoms with van der Waals surface area (Å²) in [7, 11) is -2.47. The van der Waals surface area contributed by atoms with Gasteiger partial charge in [0.25, 0.3) is 5.91 Å². The number of thiophene rings is 1. The van der Waals surface area contributed by atoms with E-state index in [1.165, 1.54) is 0 Å². The van der Waals surface area contributed by atoms with E-state index < -0.39 is 8.03 Å². The Labute approximate surface area is 185 Å². The molecular formula is C24H20N2O3PS+. The molecule has 1 aromatic heterocycles. The molecule has 4 N–H and O–H groups in total. The summed E-state index contributed by atoms with van der Waals surface area (Å²) in [6.07, 6.45) is 0. The molecule has 0 fully saturated rings. The van der Waals surface area contributed by atoms with Crippen LogP contribution in [0.4, 0.5) is 11.4 Å². The van der Waals surface area contributed by atoms with Crippen molar-refractivity contribution in [2.45, 2.75) is 6.92 Å². The van der Waals surface area contributed by atoms with E-state index >= 15 is 0 Å². The number of carbonyl (C=O) groups is 1. The molecule has 0 spiro atoms. The maximum Gasteiger partial charge on any atom is 0.546 e. The standard InChI is InChI=1S/C24H19N2O3PS/c1-15-4-2-5-21(30(28)29)23(15)16-7-9-17(10-8-16)24(27)26-20-14-18(11-12-19(20)25)22-6-3-13-31-22/h2-14H,1H3,(H3-,25,26,27,28,29)/p+1. The second-order valence-electron chi connectivity index (χ2n) is 7.05.